The molecule has 0 radical (unpaired) electrons. The SMILES string of the molecule is Cc1c(-n2c(-c3ccc(C(F)(F)F)cc3)csc2=Nc2ccc(Br)cc2)c(=O)n(-c2ccccc2)n1C. The van der Waals surface area contributed by atoms with Gasteiger partial charge in [0.05, 0.1) is 28.3 Å². The Balaban J connectivity index is 1.78. The molecule has 188 valence electrons. The third-order valence-corrected chi connectivity index (χ3v) is 7.37. The van der Waals surface area contributed by atoms with Crippen molar-refractivity contribution in [3.05, 3.63) is 115 Å². The molecule has 5 aromatic rings. The van der Waals surface area contributed by atoms with E-state index in [-0.39, 0.29) is 5.56 Å². The van der Waals surface area contributed by atoms with E-state index in [1.807, 2.05) is 61.5 Å². The van der Waals surface area contributed by atoms with E-state index in [4.69, 9.17) is 4.99 Å². The first-order valence-electron chi connectivity index (χ1n) is 11.2. The van der Waals surface area contributed by atoms with Gasteiger partial charge in [-0.3, -0.25) is 14.0 Å². The van der Waals surface area contributed by atoms with E-state index < -0.39 is 11.7 Å². The largest absolute Gasteiger partial charge is 0.416 e. The molecule has 0 fully saturated rings. The van der Waals surface area contributed by atoms with Crippen molar-refractivity contribution < 1.29 is 13.2 Å². The molecule has 2 heterocycles. The molecule has 5 rings (SSSR count). The fourth-order valence-corrected chi connectivity index (χ4v) is 5.25. The molecule has 5 nitrogen and oxygen atoms in total. The number of hydrogen-bond donors (Lipinski definition) is 0. The Morgan fingerprint density at radius 3 is 2.19 bits per heavy atom. The molecule has 0 aliphatic rings. The smallest absolute Gasteiger partial charge is 0.283 e. The minimum Gasteiger partial charge on any atom is -0.283 e. The van der Waals surface area contributed by atoms with Crippen LogP contribution in [0, 0.1) is 6.92 Å². The number of nitrogens with zero attached hydrogens (tertiary/aromatic N) is 4. The van der Waals surface area contributed by atoms with Gasteiger partial charge in [0, 0.05) is 16.9 Å². The zero-order valence-electron chi connectivity index (χ0n) is 19.7. The summed E-state index contributed by atoms with van der Waals surface area (Å²) >= 11 is 4.73. The summed E-state index contributed by atoms with van der Waals surface area (Å²) in [6.07, 6.45) is -4.44. The van der Waals surface area contributed by atoms with E-state index in [9.17, 15) is 18.0 Å². The third-order valence-electron chi connectivity index (χ3n) is 6.01. The molecule has 0 saturated carbocycles. The highest BCUT2D eigenvalue weighted by Gasteiger charge is 2.30. The Morgan fingerprint density at radius 1 is 0.919 bits per heavy atom. The number of halogens is 4. The molecule has 0 aliphatic heterocycles. The van der Waals surface area contributed by atoms with Crippen LogP contribution in [0.15, 0.2) is 98.5 Å². The van der Waals surface area contributed by atoms with Crippen LogP contribution in [-0.4, -0.2) is 13.9 Å². The van der Waals surface area contributed by atoms with E-state index in [1.54, 1.807) is 26.4 Å². The number of hydrogen-bond acceptors (Lipinski definition) is 3. The zero-order chi connectivity index (χ0) is 26.3. The molecule has 0 amide bonds. The highest BCUT2D eigenvalue weighted by Crippen LogP contribution is 2.32. The summed E-state index contributed by atoms with van der Waals surface area (Å²) in [4.78, 5) is 19.2. The van der Waals surface area contributed by atoms with Gasteiger partial charge in [-0.25, -0.2) is 9.67 Å². The van der Waals surface area contributed by atoms with E-state index in [0.717, 1.165) is 16.6 Å². The molecule has 0 spiro atoms. The summed E-state index contributed by atoms with van der Waals surface area (Å²) < 4.78 is 45.5. The average Bonchev–Trinajstić information content (AvgIpc) is 3.37. The summed E-state index contributed by atoms with van der Waals surface area (Å²) in [6.45, 7) is 1.83. The molecule has 37 heavy (non-hydrogen) atoms. The second-order valence-electron chi connectivity index (χ2n) is 8.31. The first-order valence-corrected chi connectivity index (χ1v) is 12.9. The molecule has 3 aromatic carbocycles. The van der Waals surface area contributed by atoms with E-state index in [1.165, 1.54) is 23.5 Å². The van der Waals surface area contributed by atoms with Crippen LogP contribution in [0.25, 0.3) is 22.6 Å². The van der Waals surface area contributed by atoms with Crippen molar-refractivity contribution in [3.63, 3.8) is 0 Å². The van der Waals surface area contributed by atoms with Crippen molar-refractivity contribution in [2.75, 3.05) is 0 Å². The maximum absolute atomic E-state index is 13.9. The molecule has 0 saturated heterocycles. The lowest BCUT2D eigenvalue weighted by Gasteiger charge is -2.10. The van der Waals surface area contributed by atoms with Gasteiger partial charge in [0.15, 0.2) is 4.80 Å². The van der Waals surface area contributed by atoms with Gasteiger partial charge >= 0.3 is 6.18 Å². The monoisotopic (exact) mass is 584 g/mol. The van der Waals surface area contributed by atoms with Crippen molar-refractivity contribution >= 4 is 33.0 Å². The van der Waals surface area contributed by atoms with Crippen LogP contribution in [0.4, 0.5) is 18.9 Å². The standard InChI is InChI=1S/C27H20BrF3N4OS/c1-17-24(25(36)35(33(17)2)22-6-4-3-5-7-22)34-23(18-8-10-19(11-9-18)27(29,30)31)16-37-26(34)32-21-14-12-20(28)13-15-21/h3-16H,1-2H3. The second kappa shape index (κ2) is 9.68. The van der Waals surface area contributed by atoms with Crippen molar-refractivity contribution in [1.82, 2.24) is 13.9 Å². The van der Waals surface area contributed by atoms with E-state index >= 15 is 0 Å². The minimum absolute atomic E-state index is 0.269. The van der Waals surface area contributed by atoms with Crippen LogP contribution in [0.2, 0.25) is 0 Å². The molecular formula is C27H20BrF3N4OS. The summed E-state index contributed by atoms with van der Waals surface area (Å²) in [6, 6.07) is 21.6. The number of aromatic nitrogens is 3. The topological polar surface area (TPSA) is 44.2 Å². The molecule has 0 unspecified atom stereocenters. The van der Waals surface area contributed by atoms with Crippen LogP contribution in [0.3, 0.4) is 0 Å². The Morgan fingerprint density at radius 2 is 1.57 bits per heavy atom. The number of para-hydroxylation sites is 1. The Hall–Kier alpha value is -3.63. The zero-order valence-corrected chi connectivity index (χ0v) is 22.1. The first-order chi connectivity index (χ1) is 17.6. The van der Waals surface area contributed by atoms with Gasteiger partial charge < -0.3 is 0 Å². The van der Waals surface area contributed by atoms with Gasteiger partial charge in [0.2, 0.25) is 0 Å². The van der Waals surface area contributed by atoms with Crippen LogP contribution in [0.1, 0.15) is 11.3 Å². The average molecular weight is 585 g/mol. The third kappa shape index (κ3) is 4.74. The number of thiazole rings is 1. The predicted octanol–water partition coefficient (Wildman–Crippen LogP) is 7.02. The van der Waals surface area contributed by atoms with Crippen molar-refractivity contribution in [2.45, 2.75) is 13.1 Å². The fourth-order valence-electron chi connectivity index (χ4n) is 4.07. The van der Waals surface area contributed by atoms with Crippen LogP contribution >= 0.6 is 27.3 Å². The highest BCUT2D eigenvalue weighted by atomic mass is 79.9. The molecule has 2 aromatic heterocycles. The van der Waals surface area contributed by atoms with E-state index in [0.29, 0.717) is 38.8 Å². The Bertz CT molecular complexity index is 1690. The second-order valence-corrected chi connectivity index (χ2v) is 10.1. The minimum atomic E-state index is -4.44. The predicted molar refractivity (Wildman–Crippen MR) is 143 cm³/mol. The number of alkyl halides is 3. The maximum Gasteiger partial charge on any atom is 0.416 e. The lowest BCUT2D eigenvalue weighted by Crippen LogP contribution is -2.24. The number of rotatable bonds is 4. The maximum atomic E-state index is 13.9. The quantitative estimate of drug-likeness (QED) is 0.224. The highest BCUT2D eigenvalue weighted by molar-refractivity contribution is 9.10. The van der Waals surface area contributed by atoms with Gasteiger partial charge in [-0.05, 0) is 61.0 Å². The van der Waals surface area contributed by atoms with Crippen molar-refractivity contribution in [1.29, 1.82) is 0 Å². The molecule has 0 N–H and O–H groups in total. The molecular weight excluding hydrogens is 565 g/mol. The van der Waals surface area contributed by atoms with Crippen LogP contribution in [0.5, 0.6) is 0 Å². The first kappa shape index (κ1) is 25.0. The molecule has 0 aliphatic carbocycles. The van der Waals surface area contributed by atoms with Crippen LogP contribution < -0.4 is 10.4 Å². The van der Waals surface area contributed by atoms with Gasteiger partial charge in [0.1, 0.15) is 5.69 Å². The lowest BCUT2D eigenvalue weighted by atomic mass is 10.1. The van der Waals surface area contributed by atoms with Crippen molar-refractivity contribution in [2.24, 2.45) is 12.0 Å². The van der Waals surface area contributed by atoms with Gasteiger partial charge in [-0.1, -0.05) is 46.3 Å². The summed E-state index contributed by atoms with van der Waals surface area (Å²) in [5.41, 5.74) is 2.53. The summed E-state index contributed by atoms with van der Waals surface area (Å²) in [5.74, 6) is 0. The molecule has 10 heteroatoms. The summed E-state index contributed by atoms with van der Waals surface area (Å²) in [7, 11) is 1.80. The van der Waals surface area contributed by atoms with E-state index in [2.05, 4.69) is 15.9 Å². The van der Waals surface area contributed by atoms with Gasteiger partial charge in [0.25, 0.3) is 5.56 Å². The molecule has 0 atom stereocenters. The van der Waals surface area contributed by atoms with Crippen LogP contribution in [-0.2, 0) is 13.2 Å². The lowest BCUT2D eigenvalue weighted by molar-refractivity contribution is -0.137. The Kier molecular flexibility index (Phi) is 6.55. The fraction of sp³-hybridized carbons (Fsp3) is 0.111. The van der Waals surface area contributed by atoms with Gasteiger partial charge in [-0.15, -0.1) is 11.3 Å². The number of benzene rings is 3. The van der Waals surface area contributed by atoms with Gasteiger partial charge in [-0.2, -0.15) is 13.2 Å². The Labute approximate surface area is 222 Å². The van der Waals surface area contributed by atoms with Crippen molar-refractivity contribution in [3.8, 4) is 22.6 Å². The molecule has 0 bridgehead atoms. The summed E-state index contributed by atoms with van der Waals surface area (Å²) in [5, 5.41) is 1.80. The normalized spacial score (nSPS) is 12.3.